The standard InChI is InChI=1S/C12H16ClNO2/c1-3-11(9(2)13)8-10-4-6-12(7-5-10)14(15)16/h4-7,9,11H,3,8H2,1-2H3. The van der Waals surface area contributed by atoms with Gasteiger partial charge in [0.05, 0.1) is 4.92 Å². The predicted molar refractivity (Wildman–Crippen MR) is 65.9 cm³/mol. The Hall–Kier alpha value is -1.09. The molecular weight excluding hydrogens is 226 g/mol. The molecular formula is C12H16ClNO2. The average molecular weight is 242 g/mol. The second kappa shape index (κ2) is 5.85. The van der Waals surface area contributed by atoms with Crippen molar-refractivity contribution >= 4 is 17.3 Å². The fourth-order valence-electron chi connectivity index (χ4n) is 1.69. The number of benzene rings is 1. The van der Waals surface area contributed by atoms with Crippen LogP contribution in [-0.4, -0.2) is 10.3 Å². The fraction of sp³-hybridized carbons (Fsp3) is 0.500. The van der Waals surface area contributed by atoms with Crippen LogP contribution in [0.2, 0.25) is 0 Å². The van der Waals surface area contributed by atoms with E-state index in [4.69, 9.17) is 11.6 Å². The molecule has 1 aromatic rings. The van der Waals surface area contributed by atoms with Crippen molar-refractivity contribution in [1.82, 2.24) is 0 Å². The highest BCUT2D eigenvalue weighted by atomic mass is 35.5. The molecule has 0 spiro atoms. The zero-order chi connectivity index (χ0) is 12.1. The number of nitrogens with zero attached hydrogens (tertiary/aromatic N) is 1. The van der Waals surface area contributed by atoms with Crippen molar-refractivity contribution in [2.75, 3.05) is 0 Å². The summed E-state index contributed by atoms with van der Waals surface area (Å²) < 4.78 is 0. The number of nitro benzene ring substituents is 1. The number of hydrogen-bond acceptors (Lipinski definition) is 2. The van der Waals surface area contributed by atoms with E-state index in [0.29, 0.717) is 5.92 Å². The summed E-state index contributed by atoms with van der Waals surface area (Å²) in [5, 5.41) is 10.6. The minimum atomic E-state index is -0.384. The van der Waals surface area contributed by atoms with E-state index in [-0.39, 0.29) is 16.0 Å². The lowest BCUT2D eigenvalue weighted by atomic mass is 9.94. The van der Waals surface area contributed by atoms with Gasteiger partial charge < -0.3 is 0 Å². The van der Waals surface area contributed by atoms with Crippen LogP contribution < -0.4 is 0 Å². The smallest absolute Gasteiger partial charge is 0.258 e. The Kier molecular flexibility index (Phi) is 4.74. The van der Waals surface area contributed by atoms with E-state index in [0.717, 1.165) is 18.4 Å². The molecule has 4 heteroatoms. The van der Waals surface area contributed by atoms with E-state index < -0.39 is 0 Å². The summed E-state index contributed by atoms with van der Waals surface area (Å²) in [6, 6.07) is 6.70. The van der Waals surface area contributed by atoms with Crippen molar-refractivity contribution in [3.63, 3.8) is 0 Å². The average Bonchev–Trinajstić information content (AvgIpc) is 2.26. The van der Waals surface area contributed by atoms with Gasteiger partial charge in [-0.1, -0.05) is 25.5 Å². The molecule has 2 unspecified atom stereocenters. The van der Waals surface area contributed by atoms with Gasteiger partial charge in [0.25, 0.3) is 5.69 Å². The normalized spacial score (nSPS) is 14.4. The van der Waals surface area contributed by atoms with Crippen LogP contribution in [0, 0.1) is 16.0 Å². The van der Waals surface area contributed by atoms with Crippen LogP contribution >= 0.6 is 11.6 Å². The lowest BCUT2D eigenvalue weighted by Gasteiger charge is -2.16. The van der Waals surface area contributed by atoms with Crippen molar-refractivity contribution in [3.8, 4) is 0 Å². The van der Waals surface area contributed by atoms with E-state index in [1.165, 1.54) is 0 Å². The minimum Gasteiger partial charge on any atom is -0.258 e. The number of alkyl halides is 1. The first-order valence-electron chi connectivity index (χ1n) is 5.42. The molecule has 0 aliphatic heterocycles. The third kappa shape index (κ3) is 3.49. The Balaban J connectivity index is 2.71. The Labute approximate surface area is 101 Å². The van der Waals surface area contributed by atoms with Crippen LogP contribution in [-0.2, 0) is 6.42 Å². The predicted octanol–water partition coefficient (Wildman–Crippen LogP) is 3.79. The molecule has 2 atom stereocenters. The van der Waals surface area contributed by atoms with Crippen LogP contribution in [0.4, 0.5) is 5.69 Å². The van der Waals surface area contributed by atoms with E-state index in [1.807, 2.05) is 6.92 Å². The molecule has 0 amide bonds. The first-order chi connectivity index (χ1) is 7.54. The number of halogens is 1. The topological polar surface area (TPSA) is 43.1 Å². The third-order valence-corrected chi connectivity index (χ3v) is 3.18. The zero-order valence-electron chi connectivity index (χ0n) is 9.52. The van der Waals surface area contributed by atoms with E-state index in [2.05, 4.69) is 6.92 Å². The molecule has 0 aliphatic rings. The maximum atomic E-state index is 10.5. The van der Waals surface area contributed by atoms with Crippen molar-refractivity contribution < 1.29 is 4.92 Å². The molecule has 0 heterocycles. The second-order valence-electron chi connectivity index (χ2n) is 3.97. The van der Waals surface area contributed by atoms with Gasteiger partial charge in [-0.05, 0) is 24.8 Å². The number of non-ortho nitro benzene ring substituents is 1. The summed E-state index contributed by atoms with van der Waals surface area (Å²) in [6.45, 7) is 4.09. The maximum Gasteiger partial charge on any atom is 0.269 e. The molecule has 0 aliphatic carbocycles. The summed E-state index contributed by atoms with van der Waals surface area (Å²) in [5.41, 5.74) is 1.24. The van der Waals surface area contributed by atoms with Gasteiger partial charge in [0.2, 0.25) is 0 Å². The molecule has 1 rings (SSSR count). The van der Waals surface area contributed by atoms with Crippen molar-refractivity contribution in [2.45, 2.75) is 32.1 Å². The third-order valence-electron chi connectivity index (χ3n) is 2.82. The first-order valence-corrected chi connectivity index (χ1v) is 5.85. The molecule has 0 fully saturated rings. The molecule has 0 radical (unpaired) electrons. The molecule has 0 N–H and O–H groups in total. The lowest BCUT2D eigenvalue weighted by molar-refractivity contribution is -0.384. The van der Waals surface area contributed by atoms with E-state index in [9.17, 15) is 10.1 Å². The molecule has 16 heavy (non-hydrogen) atoms. The Morgan fingerprint density at radius 2 is 1.94 bits per heavy atom. The van der Waals surface area contributed by atoms with Gasteiger partial charge >= 0.3 is 0 Å². The monoisotopic (exact) mass is 241 g/mol. The molecule has 1 aromatic carbocycles. The van der Waals surface area contributed by atoms with Gasteiger partial charge in [-0.15, -0.1) is 11.6 Å². The highest BCUT2D eigenvalue weighted by molar-refractivity contribution is 6.20. The number of nitro groups is 1. The highest BCUT2D eigenvalue weighted by Crippen LogP contribution is 2.21. The van der Waals surface area contributed by atoms with Crippen molar-refractivity contribution in [3.05, 3.63) is 39.9 Å². The van der Waals surface area contributed by atoms with Crippen LogP contribution in [0.5, 0.6) is 0 Å². The molecule has 0 bridgehead atoms. The van der Waals surface area contributed by atoms with Gasteiger partial charge in [-0.2, -0.15) is 0 Å². The largest absolute Gasteiger partial charge is 0.269 e. The first kappa shape index (κ1) is 13.0. The van der Waals surface area contributed by atoms with Gasteiger partial charge in [0.15, 0.2) is 0 Å². The van der Waals surface area contributed by atoms with E-state index in [1.54, 1.807) is 24.3 Å². The molecule has 0 saturated carbocycles. The van der Waals surface area contributed by atoms with Gasteiger partial charge in [0, 0.05) is 17.5 Å². The summed E-state index contributed by atoms with van der Waals surface area (Å²) in [6.07, 6.45) is 1.89. The van der Waals surface area contributed by atoms with Crippen LogP contribution in [0.1, 0.15) is 25.8 Å². The lowest BCUT2D eigenvalue weighted by Crippen LogP contribution is -2.13. The Morgan fingerprint density at radius 3 is 2.31 bits per heavy atom. The minimum absolute atomic E-state index is 0.125. The Morgan fingerprint density at radius 1 is 1.38 bits per heavy atom. The Bertz CT molecular complexity index is 349. The zero-order valence-corrected chi connectivity index (χ0v) is 10.3. The van der Waals surface area contributed by atoms with Crippen molar-refractivity contribution in [2.24, 2.45) is 5.92 Å². The summed E-state index contributed by atoms with van der Waals surface area (Å²) in [7, 11) is 0. The summed E-state index contributed by atoms with van der Waals surface area (Å²) in [4.78, 5) is 10.1. The van der Waals surface area contributed by atoms with Crippen LogP contribution in [0.15, 0.2) is 24.3 Å². The molecule has 0 aromatic heterocycles. The summed E-state index contributed by atoms with van der Waals surface area (Å²) >= 11 is 6.07. The quantitative estimate of drug-likeness (QED) is 0.447. The van der Waals surface area contributed by atoms with Crippen molar-refractivity contribution in [1.29, 1.82) is 0 Å². The van der Waals surface area contributed by atoms with E-state index >= 15 is 0 Å². The number of rotatable bonds is 5. The molecule has 88 valence electrons. The highest BCUT2D eigenvalue weighted by Gasteiger charge is 2.14. The van der Waals surface area contributed by atoms with Crippen LogP contribution in [0.3, 0.4) is 0 Å². The molecule has 3 nitrogen and oxygen atoms in total. The fourth-order valence-corrected chi connectivity index (χ4v) is 1.96. The number of hydrogen-bond donors (Lipinski definition) is 0. The van der Waals surface area contributed by atoms with Gasteiger partial charge in [0.1, 0.15) is 0 Å². The van der Waals surface area contributed by atoms with Gasteiger partial charge in [-0.25, -0.2) is 0 Å². The summed E-state index contributed by atoms with van der Waals surface area (Å²) in [5.74, 6) is 0.420. The SMILES string of the molecule is CCC(Cc1ccc([N+](=O)[O-])cc1)C(C)Cl. The maximum absolute atomic E-state index is 10.5. The van der Waals surface area contributed by atoms with Crippen LogP contribution in [0.25, 0.3) is 0 Å². The van der Waals surface area contributed by atoms with Gasteiger partial charge in [-0.3, -0.25) is 10.1 Å². The molecule has 0 saturated heterocycles. The second-order valence-corrected chi connectivity index (χ2v) is 4.66.